The molecule has 160 valence electrons. The molecule has 7 nitrogen and oxygen atoms in total. The molecular weight excluding hydrogens is 372 g/mol. The van der Waals surface area contributed by atoms with Gasteiger partial charge in [-0.1, -0.05) is 19.3 Å². The van der Waals surface area contributed by atoms with Crippen LogP contribution >= 0.6 is 0 Å². The number of nitrogens with one attached hydrogen (secondary N) is 2. The van der Waals surface area contributed by atoms with E-state index in [-0.39, 0.29) is 24.2 Å². The molecule has 1 aliphatic carbocycles. The molecule has 1 heterocycles. The van der Waals surface area contributed by atoms with E-state index in [4.69, 9.17) is 14.2 Å². The van der Waals surface area contributed by atoms with Gasteiger partial charge in [0.1, 0.15) is 0 Å². The summed E-state index contributed by atoms with van der Waals surface area (Å²) >= 11 is 0. The summed E-state index contributed by atoms with van der Waals surface area (Å²) in [5.74, 6) is 1.34. The molecule has 0 bridgehead atoms. The molecule has 1 amide bonds. The second kappa shape index (κ2) is 9.48. The van der Waals surface area contributed by atoms with Crippen molar-refractivity contribution in [3.63, 3.8) is 0 Å². The zero-order chi connectivity index (χ0) is 20.9. The summed E-state index contributed by atoms with van der Waals surface area (Å²) in [4.78, 5) is 26.0. The van der Waals surface area contributed by atoms with Crippen molar-refractivity contribution in [1.29, 1.82) is 0 Å². The third-order valence-electron chi connectivity index (χ3n) is 6.06. The van der Waals surface area contributed by atoms with Crippen LogP contribution in [-0.4, -0.2) is 51.1 Å². The van der Waals surface area contributed by atoms with Gasteiger partial charge in [0.2, 0.25) is 11.7 Å². The van der Waals surface area contributed by atoms with Crippen LogP contribution in [0, 0.1) is 0 Å². The maximum Gasteiger partial charge on any atom is 0.237 e. The van der Waals surface area contributed by atoms with Crippen LogP contribution in [0.25, 0.3) is 0 Å². The van der Waals surface area contributed by atoms with Gasteiger partial charge in [0, 0.05) is 17.5 Å². The molecule has 1 atom stereocenters. The topological polar surface area (TPSA) is 85.9 Å². The van der Waals surface area contributed by atoms with E-state index in [0.717, 1.165) is 51.5 Å². The highest BCUT2D eigenvalue weighted by Crippen LogP contribution is 2.39. The smallest absolute Gasteiger partial charge is 0.237 e. The van der Waals surface area contributed by atoms with Crippen molar-refractivity contribution >= 4 is 11.7 Å². The Kier molecular flexibility index (Phi) is 7.00. The Bertz CT molecular complexity index is 712. The zero-order valence-corrected chi connectivity index (χ0v) is 17.6. The molecule has 3 rings (SSSR count). The maximum absolute atomic E-state index is 13.2. The lowest BCUT2D eigenvalue weighted by molar-refractivity contribution is -0.125. The zero-order valence-electron chi connectivity index (χ0n) is 17.6. The molecule has 2 fully saturated rings. The van der Waals surface area contributed by atoms with Gasteiger partial charge in [0.05, 0.1) is 27.4 Å². The van der Waals surface area contributed by atoms with Crippen LogP contribution in [0.5, 0.6) is 17.2 Å². The number of methoxy groups -OCH3 is 3. The third-order valence-corrected chi connectivity index (χ3v) is 6.06. The number of ether oxygens (including phenoxy) is 3. The number of carbonyl (C=O) groups excluding carboxylic acids is 2. The molecule has 0 radical (unpaired) electrons. The summed E-state index contributed by atoms with van der Waals surface area (Å²) < 4.78 is 16.1. The van der Waals surface area contributed by atoms with Crippen molar-refractivity contribution in [2.45, 2.75) is 62.9 Å². The summed E-state index contributed by atoms with van der Waals surface area (Å²) in [6.45, 7) is 0.870. The molecule has 7 heteroatoms. The molecule has 1 saturated carbocycles. The first-order valence-electron chi connectivity index (χ1n) is 10.4. The van der Waals surface area contributed by atoms with Crippen molar-refractivity contribution in [1.82, 2.24) is 10.6 Å². The summed E-state index contributed by atoms with van der Waals surface area (Å²) in [6.07, 6.45) is 6.94. The van der Waals surface area contributed by atoms with E-state index < -0.39 is 5.54 Å². The van der Waals surface area contributed by atoms with Crippen molar-refractivity contribution in [3.05, 3.63) is 17.7 Å². The van der Waals surface area contributed by atoms with Crippen molar-refractivity contribution < 1.29 is 23.8 Å². The fourth-order valence-corrected chi connectivity index (χ4v) is 4.48. The van der Waals surface area contributed by atoms with Crippen molar-refractivity contribution in [3.8, 4) is 17.2 Å². The fourth-order valence-electron chi connectivity index (χ4n) is 4.48. The first-order valence-corrected chi connectivity index (χ1v) is 10.4. The molecule has 1 aromatic rings. The molecule has 1 saturated heterocycles. The Morgan fingerprint density at radius 2 is 1.69 bits per heavy atom. The van der Waals surface area contributed by atoms with E-state index >= 15 is 0 Å². The van der Waals surface area contributed by atoms with E-state index in [1.807, 2.05) is 0 Å². The van der Waals surface area contributed by atoms with Crippen LogP contribution in [0.1, 0.15) is 61.7 Å². The Morgan fingerprint density at radius 3 is 2.21 bits per heavy atom. The van der Waals surface area contributed by atoms with Gasteiger partial charge in [-0.2, -0.15) is 0 Å². The quantitative estimate of drug-likeness (QED) is 0.648. The summed E-state index contributed by atoms with van der Waals surface area (Å²) in [6, 6.07) is 3.21. The van der Waals surface area contributed by atoms with Crippen molar-refractivity contribution in [2.75, 3.05) is 27.9 Å². The highest BCUT2D eigenvalue weighted by atomic mass is 16.5. The molecule has 1 aliphatic heterocycles. The number of amides is 1. The number of rotatable bonds is 8. The Labute approximate surface area is 172 Å². The van der Waals surface area contributed by atoms with E-state index in [0.29, 0.717) is 22.8 Å². The van der Waals surface area contributed by atoms with Crippen LogP contribution in [-0.2, 0) is 4.79 Å². The van der Waals surface area contributed by atoms with Gasteiger partial charge in [0.15, 0.2) is 17.3 Å². The van der Waals surface area contributed by atoms with Gasteiger partial charge >= 0.3 is 0 Å². The van der Waals surface area contributed by atoms with Crippen molar-refractivity contribution in [2.24, 2.45) is 0 Å². The van der Waals surface area contributed by atoms with Crippen LogP contribution in [0.4, 0.5) is 0 Å². The molecule has 0 spiro atoms. The molecule has 29 heavy (non-hydrogen) atoms. The van der Waals surface area contributed by atoms with Gasteiger partial charge < -0.3 is 24.8 Å². The predicted octanol–water partition coefficient (Wildman–Crippen LogP) is 2.86. The summed E-state index contributed by atoms with van der Waals surface area (Å²) in [7, 11) is 4.59. The van der Waals surface area contributed by atoms with E-state index in [1.165, 1.54) is 21.3 Å². The minimum Gasteiger partial charge on any atom is -0.493 e. The minimum absolute atomic E-state index is 0.0158. The number of Topliss-reactive ketones (excluding diaryl/α,β-unsaturated/α-hetero) is 1. The standard InChI is InChI=1S/C22H32N2O5/c1-27-18-12-15(13-19(28-2)20(18)29-3)17(25)14-22(9-5-4-6-10-22)24-21(26)16-8-7-11-23-16/h12-13,16,23H,4-11,14H2,1-3H3,(H,24,26)/t16-/m0/s1. The van der Waals surface area contributed by atoms with Crippen LogP contribution in [0.3, 0.4) is 0 Å². The average Bonchev–Trinajstić information content (AvgIpc) is 3.28. The summed E-state index contributed by atoms with van der Waals surface area (Å²) in [5, 5.41) is 6.49. The lowest BCUT2D eigenvalue weighted by Gasteiger charge is -2.38. The average molecular weight is 405 g/mol. The van der Waals surface area contributed by atoms with Crippen LogP contribution < -0.4 is 24.8 Å². The SMILES string of the molecule is COc1cc(C(=O)CC2(NC(=O)[C@@H]3CCCN3)CCCCC2)cc(OC)c1OC. The summed E-state index contributed by atoms with van der Waals surface area (Å²) in [5.41, 5.74) is 0.00886. The minimum atomic E-state index is -0.489. The van der Waals surface area contributed by atoms with Crippen LogP contribution in [0.2, 0.25) is 0 Å². The number of ketones is 1. The predicted molar refractivity (Wildman–Crippen MR) is 110 cm³/mol. The molecule has 2 aliphatic rings. The van der Waals surface area contributed by atoms with E-state index in [1.54, 1.807) is 12.1 Å². The monoisotopic (exact) mass is 404 g/mol. The van der Waals surface area contributed by atoms with E-state index in [2.05, 4.69) is 10.6 Å². The van der Waals surface area contributed by atoms with Gasteiger partial charge in [-0.25, -0.2) is 0 Å². The highest BCUT2D eigenvalue weighted by Gasteiger charge is 2.38. The number of carbonyl (C=O) groups is 2. The molecule has 0 aromatic heterocycles. The first kappa shape index (κ1) is 21.4. The molecule has 2 N–H and O–H groups in total. The third kappa shape index (κ3) is 4.83. The second-order valence-corrected chi connectivity index (χ2v) is 7.99. The maximum atomic E-state index is 13.2. The Hall–Kier alpha value is -2.28. The fraction of sp³-hybridized carbons (Fsp3) is 0.636. The Morgan fingerprint density at radius 1 is 1.03 bits per heavy atom. The normalized spacial score (nSPS) is 20.7. The second-order valence-electron chi connectivity index (χ2n) is 7.99. The number of benzene rings is 1. The molecule has 1 aromatic carbocycles. The Balaban J connectivity index is 1.82. The lowest BCUT2D eigenvalue weighted by atomic mass is 9.77. The molecule has 0 unspecified atom stereocenters. The van der Waals surface area contributed by atoms with E-state index in [9.17, 15) is 9.59 Å². The largest absolute Gasteiger partial charge is 0.493 e. The highest BCUT2D eigenvalue weighted by molar-refractivity contribution is 5.98. The lowest BCUT2D eigenvalue weighted by Crippen LogP contribution is -2.55. The van der Waals surface area contributed by atoms with Gasteiger partial charge in [-0.15, -0.1) is 0 Å². The first-order chi connectivity index (χ1) is 14.0. The molecular formula is C22H32N2O5. The number of hydrogen-bond donors (Lipinski definition) is 2. The van der Waals surface area contributed by atoms with Gasteiger partial charge in [-0.3, -0.25) is 9.59 Å². The van der Waals surface area contributed by atoms with Gasteiger partial charge in [-0.05, 0) is 44.4 Å². The van der Waals surface area contributed by atoms with Gasteiger partial charge in [0.25, 0.3) is 0 Å². The van der Waals surface area contributed by atoms with Crippen LogP contribution in [0.15, 0.2) is 12.1 Å². The number of hydrogen-bond acceptors (Lipinski definition) is 6.